The first-order valence-corrected chi connectivity index (χ1v) is 17.5. The number of hydrogen-bond acceptors (Lipinski definition) is 14. The molecule has 0 heterocycles. The van der Waals surface area contributed by atoms with Crippen molar-refractivity contribution >= 4 is 30.4 Å². The molecule has 0 saturated heterocycles. The average molecular weight is 743 g/mol. The van der Waals surface area contributed by atoms with E-state index in [0.717, 1.165) is 0 Å². The molecule has 0 atom stereocenters. The van der Waals surface area contributed by atoms with Gasteiger partial charge in [-0.05, 0) is 0 Å². The molecule has 0 radical (unpaired) electrons. The molecule has 250 valence electrons. The maximum atomic E-state index is 5.47. The highest BCUT2D eigenvalue weighted by molar-refractivity contribution is 14.2. The summed E-state index contributed by atoms with van der Waals surface area (Å²) in [6.45, 7) is 12.8. The van der Waals surface area contributed by atoms with Crippen molar-refractivity contribution in [3.8, 4) is 12.3 Å². The lowest BCUT2D eigenvalue weighted by molar-refractivity contribution is -0.0283. The molecular weight excluding hydrogens is 691 g/mol. The fourth-order valence-corrected chi connectivity index (χ4v) is 3.34. The maximum Gasteiger partial charge on any atom is 0.107 e. The van der Waals surface area contributed by atoms with Crippen LogP contribution < -0.4 is 0 Å². The summed E-state index contributed by atoms with van der Waals surface area (Å²) in [5.74, 6) is 2.40. The van der Waals surface area contributed by atoms with E-state index in [4.69, 9.17) is 67.4 Å². The molecular formula is C27H51IO13S. The van der Waals surface area contributed by atoms with Crippen LogP contribution in [0.3, 0.4) is 0 Å². The normalized spacial score (nSPS) is 11.3. The van der Waals surface area contributed by atoms with Crippen LogP contribution in [0.4, 0.5) is 0 Å². The van der Waals surface area contributed by atoms with Crippen LogP contribution in [0.1, 0.15) is 0 Å². The molecule has 0 aromatic rings. The summed E-state index contributed by atoms with van der Waals surface area (Å²) in [5.41, 5.74) is 0. The molecule has 0 aliphatic carbocycles. The molecule has 0 unspecified atom stereocenters. The molecule has 0 aromatic carbocycles. The molecule has 0 rings (SSSR count). The molecule has 0 spiro atoms. The molecule has 15 heteroatoms. The summed E-state index contributed by atoms with van der Waals surface area (Å²) in [6, 6.07) is 0. The van der Waals surface area contributed by atoms with E-state index in [1.807, 2.05) is 0 Å². The fraction of sp³-hybridized carbons (Fsp3) is 0.926. The Kier molecular flexibility index (Phi) is 41.2. The van der Waals surface area contributed by atoms with Gasteiger partial charge in [0.2, 0.25) is 0 Å². The minimum absolute atomic E-state index is 0.308. The van der Waals surface area contributed by atoms with E-state index < -0.39 is 0 Å². The summed E-state index contributed by atoms with van der Waals surface area (Å²) >= 11 is 2.07. The monoisotopic (exact) mass is 742 g/mol. The van der Waals surface area contributed by atoms with Gasteiger partial charge in [-0.1, -0.05) is 5.92 Å². The van der Waals surface area contributed by atoms with Crippen molar-refractivity contribution in [2.75, 3.05) is 165 Å². The van der Waals surface area contributed by atoms with Crippen LogP contribution in [-0.2, 0) is 61.0 Å². The highest BCUT2D eigenvalue weighted by atomic mass is 127. The first-order chi connectivity index (χ1) is 20.9. The molecule has 13 nitrogen and oxygen atoms in total. The van der Waals surface area contributed by atoms with Crippen molar-refractivity contribution in [1.29, 1.82) is 0 Å². The number of halogens is 1. The molecule has 0 aliphatic rings. The Morgan fingerprint density at radius 3 is 0.714 bits per heavy atom. The minimum atomic E-state index is 0.308. The van der Waals surface area contributed by atoms with Crippen LogP contribution in [0.15, 0.2) is 0 Å². The highest BCUT2D eigenvalue weighted by Crippen LogP contribution is 2.10. The molecule has 0 saturated carbocycles. The third-order valence-electron chi connectivity index (χ3n) is 4.63. The predicted molar refractivity (Wildman–Crippen MR) is 166 cm³/mol. The Balaban J connectivity index is 3.02. The highest BCUT2D eigenvalue weighted by Gasteiger charge is 1.96. The molecule has 0 N–H and O–H groups in total. The zero-order chi connectivity index (χ0) is 30.3. The Labute approximate surface area is 268 Å². The van der Waals surface area contributed by atoms with Gasteiger partial charge in [0.05, 0.1) is 168 Å². The van der Waals surface area contributed by atoms with Crippen molar-refractivity contribution in [3.63, 3.8) is 0 Å². The molecule has 0 aromatic heterocycles. The average Bonchev–Trinajstić information content (AvgIpc) is 3.00. The smallest absolute Gasteiger partial charge is 0.107 e. The van der Waals surface area contributed by atoms with Crippen molar-refractivity contribution in [2.24, 2.45) is 0 Å². The van der Waals surface area contributed by atoms with Crippen LogP contribution in [0.2, 0.25) is 0 Å². The second kappa shape index (κ2) is 41.1. The van der Waals surface area contributed by atoms with Crippen molar-refractivity contribution in [3.05, 3.63) is 0 Å². The standard InChI is InChI=1S/C27H51IO13S/c1-2-3-29-4-5-30-6-7-31-8-9-32-10-11-33-12-13-34-14-15-35-16-17-36-18-19-37-20-21-38-22-23-39-24-25-40-26-27-41-42-28/h1H,3-27H2. The number of terminal acetylenes is 1. The van der Waals surface area contributed by atoms with E-state index in [2.05, 4.69) is 27.1 Å². The lowest BCUT2D eigenvalue weighted by atomic mass is 10.6. The van der Waals surface area contributed by atoms with Gasteiger partial charge in [-0.2, -0.15) is 0 Å². The number of hydrogen-bond donors (Lipinski definition) is 0. The van der Waals surface area contributed by atoms with Gasteiger partial charge in [-0.3, -0.25) is 0 Å². The van der Waals surface area contributed by atoms with Crippen molar-refractivity contribution in [2.45, 2.75) is 0 Å². The SMILES string of the molecule is C#CCOCCOCCOCCOCCOCCOCCOCCOCCOCCOCCOCCOCCOSI. The summed E-state index contributed by atoms with van der Waals surface area (Å²) < 4.78 is 69.8. The maximum absolute atomic E-state index is 5.47. The second-order valence-electron chi connectivity index (χ2n) is 7.88. The zero-order valence-electron chi connectivity index (χ0n) is 24.8. The zero-order valence-corrected chi connectivity index (χ0v) is 27.8. The number of ether oxygens (including phenoxy) is 12. The Bertz CT molecular complexity index is 535. The van der Waals surface area contributed by atoms with E-state index in [0.29, 0.717) is 165 Å². The van der Waals surface area contributed by atoms with E-state index in [-0.39, 0.29) is 0 Å². The van der Waals surface area contributed by atoms with Gasteiger partial charge in [0, 0.05) is 21.2 Å². The summed E-state index contributed by atoms with van der Waals surface area (Å²) in [7, 11) is 1.30. The molecule has 0 amide bonds. The second-order valence-corrected chi connectivity index (χ2v) is 9.32. The van der Waals surface area contributed by atoms with Crippen LogP contribution >= 0.6 is 30.4 Å². The molecule has 0 aliphatic heterocycles. The van der Waals surface area contributed by atoms with Crippen LogP contribution in [0.25, 0.3) is 0 Å². The topological polar surface area (TPSA) is 120 Å². The van der Waals surface area contributed by atoms with Crippen LogP contribution in [0.5, 0.6) is 0 Å². The summed E-state index contributed by atoms with van der Waals surface area (Å²) in [5, 5.41) is 0. The largest absolute Gasteiger partial charge is 0.377 e. The van der Waals surface area contributed by atoms with Gasteiger partial charge < -0.3 is 61.0 Å². The third-order valence-corrected chi connectivity index (χ3v) is 5.65. The van der Waals surface area contributed by atoms with Gasteiger partial charge >= 0.3 is 0 Å². The molecule has 0 bridgehead atoms. The lowest BCUT2D eigenvalue weighted by Gasteiger charge is -2.09. The number of rotatable bonds is 38. The van der Waals surface area contributed by atoms with Gasteiger partial charge in [0.15, 0.2) is 0 Å². The third kappa shape index (κ3) is 40.1. The van der Waals surface area contributed by atoms with Gasteiger partial charge in [0.1, 0.15) is 6.61 Å². The Hall–Kier alpha value is 0.120. The van der Waals surface area contributed by atoms with Crippen molar-refractivity contribution < 1.29 is 61.0 Å². The van der Waals surface area contributed by atoms with Gasteiger partial charge in [0.25, 0.3) is 0 Å². The van der Waals surface area contributed by atoms with Crippen molar-refractivity contribution in [1.82, 2.24) is 0 Å². The van der Waals surface area contributed by atoms with E-state index in [1.165, 1.54) is 9.21 Å². The minimum Gasteiger partial charge on any atom is -0.377 e. The van der Waals surface area contributed by atoms with Crippen LogP contribution in [0, 0.1) is 12.3 Å². The quantitative estimate of drug-likeness (QED) is 0.0396. The van der Waals surface area contributed by atoms with Crippen LogP contribution in [-0.4, -0.2) is 165 Å². The van der Waals surface area contributed by atoms with Gasteiger partial charge in [-0.15, -0.1) is 6.42 Å². The summed E-state index contributed by atoms with van der Waals surface area (Å²) in [6.07, 6.45) is 5.08. The Morgan fingerprint density at radius 1 is 0.333 bits per heavy atom. The molecule has 0 fully saturated rings. The van der Waals surface area contributed by atoms with E-state index >= 15 is 0 Å². The lowest BCUT2D eigenvalue weighted by Crippen LogP contribution is -2.15. The van der Waals surface area contributed by atoms with E-state index in [1.54, 1.807) is 0 Å². The molecule has 42 heavy (non-hydrogen) atoms. The van der Waals surface area contributed by atoms with E-state index in [9.17, 15) is 0 Å². The van der Waals surface area contributed by atoms with Gasteiger partial charge in [-0.25, -0.2) is 0 Å². The Morgan fingerprint density at radius 2 is 0.524 bits per heavy atom. The predicted octanol–water partition coefficient (Wildman–Crippen LogP) is 1.83. The summed E-state index contributed by atoms with van der Waals surface area (Å²) in [4.78, 5) is 0. The first-order valence-electron chi connectivity index (χ1n) is 14.2. The fourth-order valence-electron chi connectivity index (χ4n) is 2.67. The first kappa shape index (κ1) is 42.1.